The average molecular weight is 236 g/mol. The highest BCUT2D eigenvalue weighted by Gasteiger charge is 2.22. The van der Waals surface area contributed by atoms with Gasteiger partial charge < -0.3 is 9.47 Å². The van der Waals surface area contributed by atoms with Crippen LogP contribution in [0.5, 0.6) is 5.75 Å². The van der Waals surface area contributed by atoms with Crippen LogP contribution in [-0.4, -0.2) is 30.2 Å². The molecule has 0 saturated carbocycles. The van der Waals surface area contributed by atoms with E-state index in [4.69, 9.17) is 4.74 Å². The van der Waals surface area contributed by atoms with Crippen LogP contribution in [0.3, 0.4) is 0 Å². The molecule has 0 amide bonds. The number of methoxy groups -OCH3 is 2. The van der Waals surface area contributed by atoms with Crippen molar-refractivity contribution in [2.24, 2.45) is 0 Å². The Hall–Kier alpha value is -2.24. The van der Waals surface area contributed by atoms with Crippen molar-refractivity contribution in [3.8, 4) is 5.75 Å². The number of esters is 1. The smallest absolute Gasteiger partial charge is 0.344 e. The molecule has 2 rings (SSSR count). The number of halogens is 1. The largest absolute Gasteiger partial charge is 0.493 e. The van der Waals surface area contributed by atoms with Crippen molar-refractivity contribution in [2.45, 2.75) is 0 Å². The number of carbonyl (C=O) groups is 1. The Bertz CT molecular complexity index is 586. The zero-order valence-electron chi connectivity index (χ0n) is 9.23. The van der Waals surface area contributed by atoms with Gasteiger partial charge >= 0.3 is 5.97 Å². The summed E-state index contributed by atoms with van der Waals surface area (Å²) in [5.41, 5.74) is 0.460. The highest BCUT2D eigenvalue weighted by molar-refractivity contribution is 6.04. The first-order valence-corrected chi connectivity index (χ1v) is 4.74. The minimum atomic E-state index is -0.716. The van der Waals surface area contributed by atoms with Gasteiger partial charge in [0.25, 0.3) is 0 Å². The first-order chi connectivity index (χ1) is 8.19. The summed E-state index contributed by atoms with van der Waals surface area (Å²) >= 11 is 0. The summed E-state index contributed by atoms with van der Waals surface area (Å²) in [6.45, 7) is 0. The van der Waals surface area contributed by atoms with E-state index in [9.17, 15) is 9.18 Å². The van der Waals surface area contributed by atoms with E-state index in [1.54, 1.807) is 0 Å². The maximum Gasteiger partial charge on any atom is 0.344 e. The molecule has 6 heteroatoms. The minimum Gasteiger partial charge on any atom is -0.493 e. The molecule has 0 fully saturated rings. The van der Waals surface area contributed by atoms with E-state index in [1.165, 1.54) is 26.6 Å². The van der Waals surface area contributed by atoms with Crippen molar-refractivity contribution in [3.63, 3.8) is 0 Å². The van der Waals surface area contributed by atoms with Gasteiger partial charge in [0.2, 0.25) is 0 Å². The highest BCUT2D eigenvalue weighted by Crippen LogP contribution is 2.29. The average Bonchev–Trinajstić information content (AvgIpc) is 2.36. The molecule has 0 aliphatic rings. The van der Waals surface area contributed by atoms with Crippen LogP contribution in [0.4, 0.5) is 4.39 Å². The Morgan fingerprint density at radius 2 is 2.00 bits per heavy atom. The number of rotatable bonds is 2. The summed E-state index contributed by atoms with van der Waals surface area (Å²) in [7, 11) is 2.47. The lowest BCUT2D eigenvalue weighted by Crippen LogP contribution is -2.08. The number of carbonyl (C=O) groups excluding carboxylic acids is 1. The molecule has 17 heavy (non-hydrogen) atoms. The predicted octanol–water partition coefficient (Wildman–Crippen LogP) is 1.56. The van der Waals surface area contributed by atoms with E-state index in [0.29, 0.717) is 0 Å². The van der Waals surface area contributed by atoms with Gasteiger partial charge in [0.05, 0.1) is 19.7 Å². The fourth-order valence-electron chi connectivity index (χ4n) is 1.55. The quantitative estimate of drug-likeness (QED) is 0.740. The number of benzene rings is 1. The van der Waals surface area contributed by atoms with Crippen LogP contribution in [0.2, 0.25) is 0 Å². The monoisotopic (exact) mass is 236 g/mol. The first kappa shape index (κ1) is 11.3. The molecule has 5 nitrogen and oxygen atoms in total. The van der Waals surface area contributed by atoms with E-state index in [1.807, 2.05) is 0 Å². The van der Waals surface area contributed by atoms with E-state index < -0.39 is 11.8 Å². The van der Waals surface area contributed by atoms with E-state index in [-0.39, 0.29) is 22.3 Å². The van der Waals surface area contributed by atoms with Crippen molar-refractivity contribution < 1.29 is 18.7 Å². The Kier molecular flexibility index (Phi) is 2.86. The second-order valence-corrected chi connectivity index (χ2v) is 3.18. The molecule has 0 unspecified atom stereocenters. The normalized spacial score (nSPS) is 10.3. The van der Waals surface area contributed by atoms with Crippen LogP contribution in [0.1, 0.15) is 10.4 Å². The van der Waals surface area contributed by atoms with Crippen molar-refractivity contribution in [2.75, 3.05) is 14.2 Å². The van der Waals surface area contributed by atoms with Gasteiger partial charge in [-0.05, 0) is 0 Å². The lowest BCUT2D eigenvalue weighted by molar-refractivity contribution is 0.0598. The number of hydrogen-bond acceptors (Lipinski definition) is 5. The lowest BCUT2D eigenvalue weighted by Gasteiger charge is -2.09. The van der Waals surface area contributed by atoms with Gasteiger partial charge in [-0.1, -0.05) is 0 Å². The standard InChI is InChI=1S/C11H9FN2O3/c1-16-10-6(12)5-7-9(14-4-3-13-7)8(10)11(15)17-2/h3-5H,1-2H3. The second kappa shape index (κ2) is 4.32. The third-order valence-corrected chi connectivity index (χ3v) is 2.26. The lowest BCUT2D eigenvalue weighted by atomic mass is 10.1. The van der Waals surface area contributed by atoms with E-state index in [2.05, 4.69) is 14.7 Å². The maximum absolute atomic E-state index is 13.7. The third kappa shape index (κ3) is 1.77. The molecule has 88 valence electrons. The molecule has 0 aliphatic carbocycles. The van der Waals surface area contributed by atoms with Gasteiger partial charge in [0.1, 0.15) is 11.1 Å². The van der Waals surface area contributed by atoms with Gasteiger partial charge in [-0.2, -0.15) is 0 Å². The van der Waals surface area contributed by atoms with Crippen molar-refractivity contribution in [1.29, 1.82) is 0 Å². The molecule has 0 radical (unpaired) electrons. The zero-order valence-corrected chi connectivity index (χ0v) is 9.23. The molecule has 0 atom stereocenters. The SMILES string of the molecule is COC(=O)c1c(OC)c(F)cc2nccnc12. The van der Waals surface area contributed by atoms with E-state index >= 15 is 0 Å². The maximum atomic E-state index is 13.7. The van der Waals surface area contributed by atoms with Gasteiger partial charge in [-0.15, -0.1) is 0 Å². The number of aromatic nitrogens is 2. The Morgan fingerprint density at radius 3 is 2.65 bits per heavy atom. The Morgan fingerprint density at radius 1 is 1.29 bits per heavy atom. The molecule has 0 N–H and O–H groups in total. The number of nitrogens with zero attached hydrogens (tertiary/aromatic N) is 2. The summed E-state index contributed by atoms with van der Waals surface area (Å²) in [5, 5.41) is 0. The fourth-order valence-corrected chi connectivity index (χ4v) is 1.55. The van der Waals surface area contributed by atoms with Crippen LogP contribution in [0.25, 0.3) is 11.0 Å². The molecule has 1 aromatic carbocycles. The topological polar surface area (TPSA) is 61.3 Å². The molecule has 1 aromatic heterocycles. The van der Waals surface area contributed by atoms with Crippen molar-refractivity contribution in [3.05, 3.63) is 29.8 Å². The summed E-state index contributed by atoms with van der Waals surface area (Å²) in [5.74, 6) is -1.59. The van der Waals surface area contributed by atoms with Crippen LogP contribution in [0.15, 0.2) is 18.5 Å². The number of ether oxygens (including phenoxy) is 2. The molecule has 0 spiro atoms. The molecule has 0 saturated heterocycles. The van der Waals surface area contributed by atoms with Crippen LogP contribution >= 0.6 is 0 Å². The summed E-state index contributed by atoms with van der Waals surface area (Å²) < 4.78 is 23.1. The van der Waals surface area contributed by atoms with Crippen LogP contribution in [-0.2, 0) is 4.74 Å². The summed E-state index contributed by atoms with van der Waals surface area (Å²) in [6.07, 6.45) is 2.82. The Labute approximate surface area is 96.2 Å². The summed E-state index contributed by atoms with van der Waals surface area (Å²) in [4.78, 5) is 19.5. The first-order valence-electron chi connectivity index (χ1n) is 4.74. The van der Waals surface area contributed by atoms with Crippen LogP contribution < -0.4 is 4.74 Å². The second-order valence-electron chi connectivity index (χ2n) is 3.18. The molecule has 2 aromatic rings. The number of fused-ring (bicyclic) bond motifs is 1. The molecular weight excluding hydrogens is 227 g/mol. The number of hydrogen-bond donors (Lipinski definition) is 0. The molecule has 0 bridgehead atoms. The fraction of sp³-hybridized carbons (Fsp3) is 0.182. The van der Waals surface area contributed by atoms with Gasteiger partial charge in [-0.3, -0.25) is 9.97 Å². The van der Waals surface area contributed by atoms with Crippen molar-refractivity contribution in [1.82, 2.24) is 9.97 Å². The minimum absolute atomic E-state index is 0.0573. The van der Waals surface area contributed by atoms with Crippen molar-refractivity contribution >= 4 is 17.0 Å². The van der Waals surface area contributed by atoms with Gasteiger partial charge in [-0.25, -0.2) is 9.18 Å². The molecular formula is C11H9FN2O3. The molecule has 0 aliphatic heterocycles. The van der Waals surface area contributed by atoms with Gasteiger partial charge in [0.15, 0.2) is 11.6 Å². The Balaban J connectivity index is 2.86. The van der Waals surface area contributed by atoms with Crippen LogP contribution in [0, 0.1) is 5.82 Å². The highest BCUT2D eigenvalue weighted by atomic mass is 19.1. The summed E-state index contributed by atoms with van der Waals surface area (Å²) in [6, 6.07) is 1.16. The van der Waals surface area contributed by atoms with E-state index in [0.717, 1.165) is 6.07 Å². The zero-order chi connectivity index (χ0) is 12.4. The predicted molar refractivity (Wildman–Crippen MR) is 57.4 cm³/mol. The van der Waals surface area contributed by atoms with Gasteiger partial charge in [0, 0.05) is 18.5 Å². The molecule has 1 heterocycles. The third-order valence-electron chi connectivity index (χ3n) is 2.26.